The zero-order valence-electron chi connectivity index (χ0n) is 25.0. The maximum absolute atomic E-state index is 14.3. The molecule has 0 N–H and O–H groups in total. The van der Waals surface area contributed by atoms with Crippen LogP contribution in [0.5, 0.6) is 5.75 Å². The van der Waals surface area contributed by atoms with Crippen LogP contribution in [0.15, 0.2) is 96.5 Å². The van der Waals surface area contributed by atoms with Crippen LogP contribution < -0.4 is 19.6 Å². The number of fused-ring (bicyclic) bond motifs is 2. The number of carbonyl (C=O) groups excluding carboxylic acids is 1. The normalized spacial score (nSPS) is 14.9. The molecular weight excluding hydrogens is 595 g/mol. The van der Waals surface area contributed by atoms with E-state index in [4.69, 9.17) is 14.1 Å². The van der Waals surface area contributed by atoms with E-state index in [-0.39, 0.29) is 11.5 Å². The molecule has 0 fully saturated rings. The molecule has 0 saturated carbocycles. The number of amides is 1. The van der Waals surface area contributed by atoms with Crippen molar-refractivity contribution in [3.8, 4) is 5.75 Å². The lowest BCUT2D eigenvalue weighted by atomic mass is 9.90. The third-order valence-corrected chi connectivity index (χ3v) is 9.35. The van der Waals surface area contributed by atoms with Crippen LogP contribution in [-0.2, 0) is 4.79 Å². The molecule has 1 amide bonds. The van der Waals surface area contributed by atoms with Crippen molar-refractivity contribution in [1.29, 1.82) is 0 Å². The van der Waals surface area contributed by atoms with Gasteiger partial charge in [0.1, 0.15) is 17.6 Å². The third-order valence-electron chi connectivity index (χ3n) is 7.57. The van der Waals surface area contributed by atoms with E-state index in [2.05, 4.69) is 9.97 Å². The molecule has 0 saturated heterocycles. The van der Waals surface area contributed by atoms with Gasteiger partial charge in [-0.2, -0.15) is 0 Å². The van der Waals surface area contributed by atoms with Gasteiger partial charge >= 0.3 is 0 Å². The summed E-state index contributed by atoms with van der Waals surface area (Å²) in [5.74, 6) is 0.949. The number of thiazole rings is 1. The molecule has 0 bridgehead atoms. The van der Waals surface area contributed by atoms with Crippen LogP contribution in [-0.4, -0.2) is 45.5 Å². The van der Waals surface area contributed by atoms with Crippen LogP contribution in [0, 0.1) is 6.92 Å². The van der Waals surface area contributed by atoms with E-state index in [9.17, 15) is 9.59 Å². The number of methoxy groups -OCH3 is 1. The number of hydrogen-bond acceptors (Lipinski definition) is 9. The standard InChI is InChI=1S/C33H31N5O4S2/c1-6-37(7-2)31(40)27-20(4)36-33-38(29(27)28-23-11-9-8-10-21(23)12-14-24(28)41-5)30(39)25(43-33)18-22-13-15-26(42-22)44-32-34-17-16-19(3)35-32/h8-18,29H,6-7H2,1-5H3/b25-18-/t29-/m1/s1. The minimum absolute atomic E-state index is 0.156. The van der Waals surface area contributed by atoms with E-state index in [1.54, 1.807) is 28.8 Å². The van der Waals surface area contributed by atoms with Crippen LogP contribution in [0.25, 0.3) is 16.8 Å². The number of ether oxygens (including phenoxy) is 1. The van der Waals surface area contributed by atoms with Crippen molar-refractivity contribution in [2.45, 2.75) is 44.0 Å². The molecule has 0 spiro atoms. The summed E-state index contributed by atoms with van der Waals surface area (Å²) in [6.45, 7) is 8.69. The summed E-state index contributed by atoms with van der Waals surface area (Å²) in [6, 6.07) is 16.5. The Morgan fingerprint density at radius 3 is 2.66 bits per heavy atom. The van der Waals surface area contributed by atoms with E-state index in [0.717, 1.165) is 22.0 Å². The summed E-state index contributed by atoms with van der Waals surface area (Å²) in [7, 11) is 1.61. The van der Waals surface area contributed by atoms with Crippen LogP contribution in [0.3, 0.4) is 0 Å². The highest BCUT2D eigenvalue weighted by molar-refractivity contribution is 7.99. The fraction of sp³-hybridized carbons (Fsp3) is 0.242. The van der Waals surface area contributed by atoms with Gasteiger partial charge in [-0.05, 0) is 74.5 Å². The Balaban J connectivity index is 1.53. The zero-order chi connectivity index (χ0) is 31.0. The minimum atomic E-state index is -0.747. The van der Waals surface area contributed by atoms with Crippen molar-refractivity contribution in [3.05, 3.63) is 109 Å². The molecule has 1 aliphatic rings. The van der Waals surface area contributed by atoms with Gasteiger partial charge in [-0.3, -0.25) is 14.2 Å². The predicted octanol–water partition coefficient (Wildman–Crippen LogP) is 5.11. The Labute approximate surface area is 262 Å². The summed E-state index contributed by atoms with van der Waals surface area (Å²) in [6.07, 6.45) is 3.42. The average molecular weight is 626 g/mol. The Hall–Kier alpha value is -4.48. The van der Waals surface area contributed by atoms with Crippen molar-refractivity contribution in [1.82, 2.24) is 19.4 Å². The van der Waals surface area contributed by atoms with Crippen molar-refractivity contribution >= 4 is 45.9 Å². The monoisotopic (exact) mass is 625 g/mol. The lowest BCUT2D eigenvalue weighted by molar-refractivity contribution is -0.127. The van der Waals surface area contributed by atoms with Crippen molar-refractivity contribution in [2.75, 3.05) is 20.2 Å². The topological polar surface area (TPSA) is 103 Å². The smallest absolute Gasteiger partial charge is 0.271 e. The second kappa shape index (κ2) is 12.3. The molecular formula is C33H31N5O4S2. The number of likely N-dealkylation sites (N-methyl/N-ethyl adjacent to an activating group) is 1. The van der Waals surface area contributed by atoms with Gasteiger partial charge in [-0.1, -0.05) is 41.7 Å². The first-order valence-electron chi connectivity index (χ1n) is 14.3. The zero-order valence-corrected chi connectivity index (χ0v) is 26.7. The molecule has 224 valence electrons. The second-order valence-electron chi connectivity index (χ2n) is 10.2. The first-order chi connectivity index (χ1) is 21.3. The number of aryl methyl sites for hydroxylation is 1. The molecule has 2 aromatic carbocycles. The molecule has 1 atom stereocenters. The highest BCUT2D eigenvalue weighted by Crippen LogP contribution is 2.40. The lowest BCUT2D eigenvalue weighted by Crippen LogP contribution is -2.43. The molecule has 4 heterocycles. The number of nitrogens with zero attached hydrogens (tertiary/aromatic N) is 5. The molecule has 0 aliphatic carbocycles. The van der Waals surface area contributed by atoms with Crippen LogP contribution in [0.2, 0.25) is 0 Å². The van der Waals surface area contributed by atoms with Gasteiger partial charge in [-0.25, -0.2) is 15.0 Å². The lowest BCUT2D eigenvalue weighted by Gasteiger charge is -2.30. The van der Waals surface area contributed by atoms with Gasteiger partial charge in [0.25, 0.3) is 11.5 Å². The first kappa shape index (κ1) is 29.6. The number of allylic oxidation sites excluding steroid dienone is 1. The van der Waals surface area contributed by atoms with Crippen molar-refractivity contribution in [3.63, 3.8) is 0 Å². The highest BCUT2D eigenvalue weighted by atomic mass is 32.2. The largest absolute Gasteiger partial charge is 0.496 e. The number of furan rings is 1. The summed E-state index contributed by atoms with van der Waals surface area (Å²) < 4.78 is 14.0. The van der Waals surface area contributed by atoms with Gasteiger partial charge in [0.15, 0.2) is 15.1 Å². The van der Waals surface area contributed by atoms with E-state index < -0.39 is 6.04 Å². The van der Waals surface area contributed by atoms with Gasteiger partial charge in [0.05, 0.1) is 22.9 Å². The molecule has 6 rings (SSSR count). The number of aromatic nitrogens is 3. The molecule has 44 heavy (non-hydrogen) atoms. The SMILES string of the molecule is CCN(CC)C(=O)C1=C(C)N=c2s/c(=C\c3ccc(Sc4nccc(C)n4)o3)c(=O)n2[C@H]1c1c(OC)ccc2ccccc12. The van der Waals surface area contributed by atoms with E-state index in [1.165, 1.54) is 23.1 Å². The number of benzene rings is 2. The summed E-state index contributed by atoms with van der Waals surface area (Å²) in [5, 5.41) is 3.07. The van der Waals surface area contributed by atoms with Crippen LogP contribution >= 0.6 is 23.1 Å². The Morgan fingerprint density at radius 2 is 1.91 bits per heavy atom. The predicted molar refractivity (Wildman–Crippen MR) is 172 cm³/mol. The van der Waals surface area contributed by atoms with E-state index >= 15 is 0 Å². The molecule has 3 aromatic heterocycles. The summed E-state index contributed by atoms with van der Waals surface area (Å²) >= 11 is 2.57. The molecule has 1 aliphatic heterocycles. The first-order valence-corrected chi connectivity index (χ1v) is 15.9. The maximum atomic E-state index is 14.3. The van der Waals surface area contributed by atoms with Gasteiger partial charge in [0.2, 0.25) is 0 Å². The Morgan fingerprint density at radius 1 is 1.11 bits per heavy atom. The summed E-state index contributed by atoms with van der Waals surface area (Å²) in [5.41, 5.74) is 2.38. The number of carbonyl (C=O) groups is 1. The fourth-order valence-electron chi connectivity index (χ4n) is 5.45. The minimum Gasteiger partial charge on any atom is -0.496 e. The molecule has 0 unspecified atom stereocenters. The molecule has 9 nitrogen and oxygen atoms in total. The molecule has 5 aromatic rings. The fourth-order valence-corrected chi connectivity index (χ4v) is 7.23. The average Bonchev–Trinajstić information content (AvgIpc) is 3.59. The maximum Gasteiger partial charge on any atom is 0.271 e. The van der Waals surface area contributed by atoms with Crippen LogP contribution in [0.1, 0.15) is 43.8 Å². The van der Waals surface area contributed by atoms with Gasteiger partial charge in [0, 0.05) is 36.6 Å². The number of hydrogen-bond donors (Lipinski definition) is 0. The number of rotatable bonds is 8. The van der Waals surface area contributed by atoms with E-state index in [0.29, 0.717) is 55.5 Å². The van der Waals surface area contributed by atoms with Crippen LogP contribution in [0.4, 0.5) is 0 Å². The second-order valence-corrected chi connectivity index (χ2v) is 12.2. The van der Waals surface area contributed by atoms with Gasteiger partial charge < -0.3 is 14.1 Å². The van der Waals surface area contributed by atoms with Gasteiger partial charge in [-0.15, -0.1) is 0 Å². The Kier molecular flexibility index (Phi) is 8.24. The van der Waals surface area contributed by atoms with E-state index in [1.807, 2.05) is 82.3 Å². The Bertz CT molecular complexity index is 2110. The summed E-state index contributed by atoms with van der Waals surface area (Å²) in [4.78, 5) is 44.2. The quantitative estimate of drug-likeness (QED) is 0.221. The molecule has 0 radical (unpaired) electrons. The van der Waals surface area contributed by atoms with Crippen molar-refractivity contribution in [2.24, 2.45) is 4.99 Å². The van der Waals surface area contributed by atoms with Crippen molar-refractivity contribution < 1.29 is 13.9 Å². The molecule has 11 heteroatoms. The highest BCUT2D eigenvalue weighted by Gasteiger charge is 2.36. The third kappa shape index (κ3) is 5.37.